The van der Waals surface area contributed by atoms with E-state index in [4.69, 9.17) is 11.6 Å². The first-order chi connectivity index (χ1) is 7.34. The lowest BCUT2D eigenvalue weighted by Gasteiger charge is -2.22. The van der Waals surface area contributed by atoms with Crippen LogP contribution in [0.4, 0.5) is 5.69 Å². The van der Waals surface area contributed by atoms with Crippen molar-refractivity contribution in [3.05, 3.63) is 23.5 Å². The van der Waals surface area contributed by atoms with Gasteiger partial charge < -0.3 is 5.32 Å². The number of rotatable bonds is 3. The number of halogens is 1. The zero-order valence-corrected chi connectivity index (χ0v) is 9.63. The molecule has 1 N–H and O–H groups in total. The molecule has 1 aliphatic rings. The summed E-state index contributed by atoms with van der Waals surface area (Å²) in [6, 6.07) is 1.93. The molecule has 0 spiro atoms. The summed E-state index contributed by atoms with van der Waals surface area (Å²) in [5, 5.41) is 4.11. The second-order valence-corrected chi connectivity index (χ2v) is 4.71. The second kappa shape index (κ2) is 5.36. The quantitative estimate of drug-likeness (QED) is 0.847. The second-order valence-electron chi connectivity index (χ2n) is 4.28. The zero-order chi connectivity index (χ0) is 10.5. The summed E-state index contributed by atoms with van der Waals surface area (Å²) in [6.07, 6.45) is 10.4. The lowest BCUT2D eigenvalue weighted by molar-refractivity contribution is 0.373. The fourth-order valence-corrected chi connectivity index (χ4v) is 2.34. The highest BCUT2D eigenvalue weighted by atomic mass is 35.5. The molecule has 3 heteroatoms. The van der Waals surface area contributed by atoms with Gasteiger partial charge in [-0.3, -0.25) is 4.98 Å². The Morgan fingerprint density at radius 3 is 2.80 bits per heavy atom. The van der Waals surface area contributed by atoms with Crippen LogP contribution < -0.4 is 5.32 Å². The van der Waals surface area contributed by atoms with Crippen molar-refractivity contribution in [1.29, 1.82) is 0 Å². The zero-order valence-electron chi connectivity index (χ0n) is 8.88. The number of aromatic nitrogens is 1. The summed E-state index contributed by atoms with van der Waals surface area (Å²) >= 11 is 5.86. The van der Waals surface area contributed by atoms with Crippen LogP contribution in [0.2, 0.25) is 5.02 Å². The molecular formula is C12H17ClN2. The van der Waals surface area contributed by atoms with Crippen molar-refractivity contribution in [2.45, 2.75) is 32.1 Å². The summed E-state index contributed by atoms with van der Waals surface area (Å²) < 4.78 is 0. The van der Waals surface area contributed by atoms with E-state index in [0.29, 0.717) is 5.02 Å². The highest BCUT2D eigenvalue weighted by Gasteiger charge is 2.12. The Kier molecular flexibility index (Phi) is 3.84. The SMILES string of the molecule is Clc1cncc(NCC2CCCCC2)c1. The monoisotopic (exact) mass is 224 g/mol. The van der Waals surface area contributed by atoms with Crippen molar-refractivity contribution < 1.29 is 0 Å². The van der Waals surface area contributed by atoms with Gasteiger partial charge in [0.1, 0.15) is 0 Å². The first kappa shape index (κ1) is 10.7. The Hall–Kier alpha value is -0.760. The maximum atomic E-state index is 5.86. The van der Waals surface area contributed by atoms with Crippen molar-refractivity contribution in [1.82, 2.24) is 4.98 Å². The van der Waals surface area contributed by atoms with Crippen molar-refractivity contribution in [3.63, 3.8) is 0 Å². The van der Waals surface area contributed by atoms with Crippen LogP contribution in [0, 0.1) is 5.92 Å². The van der Waals surface area contributed by atoms with E-state index in [1.165, 1.54) is 32.1 Å². The number of hydrogen-bond donors (Lipinski definition) is 1. The highest BCUT2D eigenvalue weighted by Crippen LogP contribution is 2.24. The van der Waals surface area contributed by atoms with Gasteiger partial charge in [0.15, 0.2) is 0 Å². The minimum Gasteiger partial charge on any atom is -0.383 e. The molecule has 0 saturated heterocycles. The number of hydrogen-bond acceptors (Lipinski definition) is 2. The van der Waals surface area contributed by atoms with Gasteiger partial charge in [-0.15, -0.1) is 0 Å². The van der Waals surface area contributed by atoms with Crippen LogP contribution >= 0.6 is 11.6 Å². The largest absolute Gasteiger partial charge is 0.383 e. The van der Waals surface area contributed by atoms with Gasteiger partial charge in [-0.2, -0.15) is 0 Å². The summed E-state index contributed by atoms with van der Waals surface area (Å²) in [5.74, 6) is 0.831. The lowest BCUT2D eigenvalue weighted by Crippen LogP contribution is -2.17. The predicted molar refractivity (Wildman–Crippen MR) is 64.3 cm³/mol. The summed E-state index contributed by atoms with van der Waals surface area (Å²) in [5.41, 5.74) is 1.04. The minimum atomic E-state index is 0.698. The molecule has 1 heterocycles. The van der Waals surface area contributed by atoms with Gasteiger partial charge in [0.2, 0.25) is 0 Å². The topological polar surface area (TPSA) is 24.9 Å². The Morgan fingerprint density at radius 2 is 2.07 bits per heavy atom. The van der Waals surface area contributed by atoms with Crippen LogP contribution in [0.5, 0.6) is 0 Å². The van der Waals surface area contributed by atoms with Gasteiger partial charge in [0.05, 0.1) is 16.9 Å². The molecular weight excluding hydrogens is 208 g/mol. The molecule has 0 radical (unpaired) electrons. The van der Waals surface area contributed by atoms with E-state index < -0.39 is 0 Å². The molecule has 1 fully saturated rings. The van der Waals surface area contributed by atoms with E-state index in [9.17, 15) is 0 Å². The molecule has 0 unspecified atom stereocenters. The maximum absolute atomic E-state index is 5.86. The summed E-state index contributed by atoms with van der Waals surface area (Å²) in [7, 11) is 0. The van der Waals surface area contributed by atoms with Crippen LogP contribution in [0.25, 0.3) is 0 Å². The van der Waals surface area contributed by atoms with Crippen LogP contribution in [-0.4, -0.2) is 11.5 Å². The van der Waals surface area contributed by atoms with E-state index in [-0.39, 0.29) is 0 Å². The Labute approximate surface area is 96.1 Å². The van der Waals surface area contributed by atoms with Crippen LogP contribution in [0.3, 0.4) is 0 Å². The summed E-state index contributed by atoms with van der Waals surface area (Å²) in [6.45, 7) is 1.06. The average molecular weight is 225 g/mol. The van der Waals surface area contributed by atoms with Crippen LogP contribution in [-0.2, 0) is 0 Å². The van der Waals surface area contributed by atoms with E-state index >= 15 is 0 Å². The molecule has 0 aliphatic heterocycles. The van der Waals surface area contributed by atoms with Crippen LogP contribution in [0.1, 0.15) is 32.1 Å². The third kappa shape index (κ3) is 3.38. The highest BCUT2D eigenvalue weighted by molar-refractivity contribution is 6.30. The lowest BCUT2D eigenvalue weighted by atomic mass is 9.89. The van der Waals surface area contributed by atoms with Crippen LogP contribution in [0.15, 0.2) is 18.5 Å². The number of nitrogens with one attached hydrogen (secondary N) is 1. The number of pyridine rings is 1. The molecule has 1 aromatic rings. The summed E-state index contributed by atoms with van der Waals surface area (Å²) in [4.78, 5) is 4.05. The van der Waals surface area contributed by atoms with Crippen molar-refractivity contribution in [3.8, 4) is 0 Å². The Bertz CT molecular complexity index is 308. The van der Waals surface area contributed by atoms with E-state index in [1.807, 2.05) is 12.3 Å². The molecule has 2 nitrogen and oxygen atoms in total. The predicted octanol–water partition coefficient (Wildman–Crippen LogP) is 3.73. The van der Waals surface area contributed by atoms with E-state index in [0.717, 1.165) is 18.2 Å². The fourth-order valence-electron chi connectivity index (χ4n) is 2.16. The molecule has 0 amide bonds. The average Bonchev–Trinajstić information content (AvgIpc) is 2.28. The molecule has 0 atom stereocenters. The minimum absolute atomic E-state index is 0.698. The van der Waals surface area contributed by atoms with Gasteiger partial charge >= 0.3 is 0 Å². The van der Waals surface area contributed by atoms with Crippen molar-refractivity contribution in [2.24, 2.45) is 5.92 Å². The third-order valence-electron chi connectivity index (χ3n) is 3.02. The van der Waals surface area contributed by atoms with Gasteiger partial charge in [-0.1, -0.05) is 30.9 Å². The molecule has 1 saturated carbocycles. The fraction of sp³-hybridized carbons (Fsp3) is 0.583. The Morgan fingerprint density at radius 1 is 1.27 bits per heavy atom. The first-order valence-electron chi connectivity index (χ1n) is 5.69. The molecule has 0 bridgehead atoms. The number of nitrogens with zero attached hydrogens (tertiary/aromatic N) is 1. The first-order valence-corrected chi connectivity index (χ1v) is 6.07. The normalized spacial score (nSPS) is 17.7. The molecule has 2 rings (SSSR count). The van der Waals surface area contributed by atoms with Gasteiger partial charge in [-0.05, 0) is 24.8 Å². The number of anilines is 1. The third-order valence-corrected chi connectivity index (χ3v) is 3.23. The smallest absolute Gasteiger partial charge is 0.0609 e. The molecule has 0 aromatic carbocycles. The van der Waals surface area contributed by atoms with Gasteiger partial charge in [-0.25, -0.2) is 0 Å². The molecule has 1 aromatic heterocycles. The van der Waals surface area contributed by atoms with Gasteiger partial charge in [0, 0.05) is 12.7 Å². The maximum Gasteiger partial charge on any atom is 0.0609 e. The van der Waals surface area contributed by atoms with Gasteiger partial charge in [0.25, 0.3) is 0 Å². The van der Waals surface area contributed by atoms with E-state index in [1.54, 1.807) is 6.20 Å². The molecule has 15 heavy (non-hydrogen) atoms. The molecule has 1 aliphatic carbocycles. The van der Waals surface area contributed by atoms with E-state index in [2.05, 4.69) is 10.3 Å². The van der Waals surface area contributed by atoms with Crippen molar-refractivity contribution in [2.75, 3.05) is 11.9 Å². The molecule has 82 valence electrons. The standard InChI is InChI=1S/C12H17ClN2/c13-11-6-12(9-14-8-11)15-7-10-4-2-1-3-5-10/h6,8-10,15H,1-5,7H2. The van der Waals surface area contributed by atoms with Crippen molar-refractivity contribution >= 4 is 17.3 Å². The Balaban J connectivity index is 1.81.